The van der Waals surface area contributed by atoms with Crippen LogP contribution in [0.25, 0.3) is 0 Å². The van der Waals surface area contributed by atoms with Gasteiger partial charge in [0.15, 0.2) is 0 Å². The second-order valence-electron chi connectivity index (χ2n) is 4.03. The Balaban J connectivity index is 2.26. The molecule has 1 atom stereocenters. The molecule has 0 aromatic carbocycles. The monoisotopic (exact) mass is 211 g/mol. The zero-order valence-corrected chi connectivity index (χ0v) is 9.52. The highest BCUT2D eigenvalue weighted by molar-refractivity contribution is 4.79. The van der Waals surface area contributed by atoms with Crippen molar-refractivity contribution in [1.82, 2.24) is 9.80 Å². The number of aliphatic hydroxyl groups excluding tert-OH is 1. The molecule has 0 unspecified atom stereocenters. The molecule has 1 aliphatic heterocycles. The van der Waals surface area contributed by atoms with E-state index < -0.39 is 0 Å². The minimum Gasteiger partial charge on any atom is -0.395 e. The molecule has 0 spiro atoms. The average molecular weight is 211 g/mol. The number of hydrogen-bond donors (Lipinski definition) is 1. The second-order valence-corrected chi connectivity index (χ2v) is 4.03. The molecule has 1 fully saturated rings. The highest BCUT2D eigenvalue weighted by atomic mass is 16.3. The van der Waals surface area contributed by atoms with Crippen molar-refractivity contribution < 1.29 is 5.11 Å². The van der Waals surface area contributed by atoms with Gasteiger partial charge in [-0.3, -0.25) is 9.80 Å². The number of nitriles is 1. The molecule has 4 heteroatoms. The maximum absolute atomic E-state index is 9.19. The summed E-state index contributed by atoms with van der Waals surface area (Å²) < 4.78 is 0. The van der Waals surface area contributed by atoms with E-state index in [1.54, 1.807) is 0 Å². The molecule has 0 bridgehead atoms. The van der Waals surface area contributed by atoms with Crippen LogP contribution in [0, 0.1) is 11.3 Å². The minimum atomic E-state index is 0.259. The van der Waals surface area contributed by atoms with Gasteiger partial charge in [0.2, 0.25) is 0 Å². The van der Waals surface area contributed by atoms with E-state index in [1.807, 2.05) is 0 Å². The van der Waals surface area contributed by atoms with Gasteiger partial charge in [-0.15, -0.1) is 0 Å². The third-order valence-corrected chi connectivity index (χ3v) is 3.15. The van der Waals surface area contributed by atoms with Crippen molar-refractivity contribution in [2.24, 2.45) is 0 Å². The Bertz CT molecular complexity index is 202. The van der Waals surface area contributed by atoms with Gasteiger partial charge in [-0.2, -0.15) is 5.26 Å². The smallest absolute Gasteiger partial charge is 0.0635 e. The number of aliphatic hydroxyl groups is 1. The van der Waals surface area contributed by atoms with E-state index in [2.05, 4.69) is 22.8 Å². The highest BCUT2D eigenvalue weighted by Crippen LogP contribution is 2.08. The average Bonchev–Trinajstić information content (AvgIpc) is 2.29. The van der Waals surface area contributed by atoms with Gasteiger partial charge in [0, 0.05) is 45.2 Å². The van der Waals surface area contributed by atoms with Gasteiger partial charge in [0.05, 0.1) is 12.7 Å². The van der Waals surface area contributed by atoms with Crippen LogP contribution in [0.1, 0.15) is 19.8 Å². The molecule has 0 saturated carbocycles. The molecule has 4 nitrogen and oxygen atoms in total. The fourth-order valence-corrected chi connectivity index (χ4v) is 2.06. The van der Waals surface area contributed by atoms with Gasteiger partial charge in [-0.1, -0.05) is 6.92 Å². The summed E-state index contributed by atoms with van der Waals surface area (Å²) in [5.74, 6) is 0. The number of hydrogen-bond acceptors (Lipinski definition) is 4. The molecule has 0 aromatic heterocycles. The van der Waals surface area contributed by atoms with Crippen molar-refractivity contribution in [2.75, 3.05) is 39.3 Å². The van der Waals surface area contributed by atoms with Crippen LogP contribution in [0.15, 0.2) is 0 Å². The molecule has 1 aliphatic rings. The quantitative estimate of drug-likeness (QED) is 0.710. The molecule has 86 valence electrons. The molecule has 0 aromatic rings. The highest BCUT2D eigenvalue weighted by Gasteiger charge is 2.21. The zero-order valence-electron chi connectivity index (χ0n) is 9.52. The van der Waals surface area contributed by atoms with Gasteiger partial charge >= 0.3 is 0 Å². The Morgan fingerprint density at radius 2 is 2.00 bits per heavy atom. The maximum atomic E-state index is 9.19. The molecule has 1 saturated heterocycles. The summed E-state index contributed by atoms with van der Waals surface area (Å²) >= 11 is 0. The van der Waals surface area contributed by atoms with Crippen molar-refractivity contribution in [3.05, 3.63) is 0 Å². The van der Waals surface area contributed by atoms with Crippen molar-refractivity contribution in [2.45, 2.75) is 25.8 Å². The van der Waals surface area contributed by atoms with Crippen molar-refractivity contribution in [3.63, 3.8) is 0 Å². The molecular weight excluding hydrogens is 190 g/mol. The van der Waals surface area contributed by atoms with Gasteiger partial charge in [0.1, 0.15) is 0 Å². The van der Waals surface area contributed by atoms with Crippen LogP contribution in [-0.2, 0) is 0 Å². The Labute approximate surface area is 92.1 Å². The predicted molar refractivity (Wildman–Crippen MR) is 59.4 cm³/mol. The number of piperazine rings is 1. The van der Waals surface area contributed by atoms with Crippen molar-refractivity contribution >= 4 is 0 Å². The van der Waals surface area contributed by atoms with Gasteiger partial charge in [0.25, 0.3) is 0 Å². The van der Waals surface area contributed by atoms with E-state index in [1.165, 1.54) is 0 Å². The predicted octanol–water partition coefficient (Wildman–Crippen LogP) is 0.289. The van der Waals surface area contributed by atoms with E-state index in [4.69, 9.17) is 5.26 Å². The third-order valence-electron chi connectivity index (χ3n) is 3.15. The first-order chi connectivity index (χ1) is 7.31. The van der Waals surface area contributed by atoms with Gasteiger partial charge < -0.3 is 5.11 Å². The van der Waals surface area contributed by atoms with Gasteiger partial charge in [-0.05, 0) is 6.42 Å². The largest absolute Gasteiger partial charge is 0.395 e. The van der Waals surface area contributed by atoms with Crippen LogP contribution in [0.3, 0.4) is 0 Å². The Morgan fingerprint density at radius 3 is 2.47 bits per heavy atom. The molecule has 1 heterocycles. The normalized spacial score (nSPS) is 21.1. The van der Waals surface area contributed by atoms with Crippen LogP contribution in [0.2, 0.25) is 0 Å². The Morgan fingerprint density at radius 1 is 1.33 bits per heavy atom. The molecule has 0 radical (unpaired) electrons. The van der Waals surface area contributed by atoms with Crippen LogP contribution >= 0.6 is 0 Å². The summed E-state index contributed by atoms with van der Waals surface area (Å²) in [7, 11) is 0. The fraction of sp³-hybridized carbons (Fsp3) is 0.909. The minimum absolute atomic E-state index is 0.259. The topological polar surface area (TPSA) is 50.5 Å². The Kier molecular flexibility index (Phi) is 5.62. The molecule has 15 heavy (non-hydrogen) atoms. The van der Waals surface area contributed by atoms with E-state index in [0.717, 1.165) is 39.1 Å². The van der Waals surface area contributed by atoms with Crippen LogP contribution < -0.4 is 0 Å². The summed E-state index contributed by atoms with van der Waals surface area (Å²) in [5, 5.41) is 17.7. The van der Waals surface area contributed by atoms with E-state index in [0.29, 0.717) is 12.5 Å². The summed E-state index contributed by atoms with van der Waals surface area (Å²) in [6.07, 6.45) is 1.63. The summed E-state index contributed by atoms with van der Waals surface area (Å²) in [6.45, 7) is 7.35. The van der Waals surface area contributed by atoms with Gasteiger partial charge in [-0.25, -0.2) is 0 Å². The van der Waals surface area contributed by atoms with Crippen LogP contribution in [0.5, 0.6) is 0 Å². The lowest BCUT2D eigenvalue weighted by Gasteiger charge is -2.38. The lowest BCUT2D eigenvalue weighted by molar-refractivity contribution is 0.0645. The molecule has 1 rings (SSSR count). The van der Waals surface area contributed by atoms with Crippen molar-refractivity contribution in [3.8, 4) is 6.07 Å². The molecule has 0 amide bonds. The molecular formula is C11H21N3O. The lowest BCUT2D eigenvalue weighted by atomic mass is 10.1. The number of rotatable bonds is 5. The lowest BCUT2D eigenvalue weighted by Crippen LogP contribution is -2.51. The van der Waals surface area contributed by atoms with E-state index in [9.17, 15) is 5.11 Å². The summed E-state index contributed by atoms with van der Waals surface area (Å²) in [5.41, 5.74) is 0. The third kappa shape index (κ3) is 3.78. The van der Waals surface area contributed by atoms with E-state index in [-0.39, 0.29) is 6.61 Å². The standard InChI is InChI=1S/C11H21N3O/c1-2-11(10-15)14-8-6-13(7-9-14)5-3-4-12/h11,15H,2-3,5-10H2,1H3/t11-/m1/s1. The van der Waals surface area contributed by atoms with Crippen LogP contribution in [0.4, 0.5) is 0 Å². The second kappa shape index (κ2) is 6.78. The first kappa shape index (κ1) is 12.4. The Hall–Kier alpha value is -0.630. The fourth-order valence-electron chi connectivity index (χ4n) is 2.06. The molecule has 1 N–H and O–H groups in total. The molecule has 0 aliphatic carbocycles. The SMILES string of the molecule is CC[C@H](CO)N1CCN(CCC#N)CC1. The first-order valence-electron chi connectivity index (χ1n) is 5.76. The first-order valence-corrected chi connectivity index (χ1v) is 5.76. The zero-order chi connectivity index (χ0) is 11.1. The number of nitrogens with zero attached hydrogens (tertiary/aromatic N) is 3. The van der Waals surface area contributed by atoms with Crippen molar-refractivity contribution in [1.29, 1.82) is 5.26 Å². The summed E-state index contributed by atoms with van der Waals surface area (Å²) in [4.78, 5) is 4.67. The maximum Gasteiger partial charge on any atom is 0.0635 e. The van der Waals surface area contributed by atoms with Crippen LogP contribution in [-0.4, -0.2) is 60.3 Å². The summed E-state index contributed by atoms with van der Waals surface area (Å²) in [6, 6.07) is 2.50. The van der Waals surface area contributed by atoms with E-state index >= 15 is 0 Å².